The lowest BCUT2D eigenvalue weighted by molar-refractivity contribution is 0.381. The molecule has 2 aromatic carbocycles. The molecule has 2 aromatic rings. The van der Waals surface area contributed by atoms with Crippen molar-refractivity contribution in [2.45, 2.75) is 39.2 Å². The maximum atomic E-state index is 3.73. The van der Waals surface area contributed by atoms with Crippen LogP contribution in [0, 0.1) is 5.92 Å². The van der Waals surface area contributed by atoms with E-state index in [0.29, 0.717) is 17.9 Å². The molecule has 0 fully saturated rings. The SMILES string of the molecule is CCCNC1c2ccc3ccccc3c2C(C)C1C. The van der Waals surface area contributed by atoms with Crippen molar-refractivity contribution in [3.8, 4) is 0 Å². The van der Waals surface area contributed by atoms with E-state index in [4.69, 9.17) is 0 Å². The predicted octanol–water partition coefficient (Wildman–Crippen LogP) is 4.63. The first-order valence-electron chi connectivity index (χ1n) is 7.49. The van der Waals surface area contributed by atoms with Crippen molar-refractivity contribution in [3.63, 3.8) is 0 Å². The summed E-state index contributed by atoms with van der Waals surface area (Å²) in [5.41, 5.74) is 3.09. The number of benzene rings is 2. The molecule has 1 nitrogen and oxygen atoms in total. The average Bonchev–Trinajstić information content (AvgIpc) is 2.69. The molecule has 0 saturated carbocycles. The first-order valence-corrected chi connectivity index (χ1v) is 7.49. The van der Waals surface area contributed by atoms with Gasteiger partial charge in [-0.3, -0.25) is 0 Å². The van der Waals surface area contributed by atoms with E-state index in [-0.39, 0.29) is 0 Å². The highest BCUT2D eigenvalue weighted by Crippen LogP contribution is 2.47. The minimum atomic E-state index is 0.523. The van der Waals surface area contributed by atoms with E-state index in [1.807, 2.05) is 0 Å². The van der Waals surface area contributed by atoms with Gasteiger partial charge in [-0.2, -0.15) is 0 Å². The summed E-state index contributed by atoms with van der Waals surface area (Å²) < 4.78 is 0. The Kier molecular flexibility index (Phi) is 3.32. The zero-order valence-electron chi connectivity index (χ0n) is 12.1. The molecular formula is C18H23N. The molecule has 1 aliphatic carbocycles. The second-order valence-corrected chi connectivity index (χ2v) is 5.87. The first-order chi connectivity index (χ1) is 9.24. The van der Waals surface area contributed by atoms with Crippen molar-refractivity contribution in [1.82, 2.24) is 5.32 Å². The zero-order valence-corrected chi connectivity index (χ0v) is 12.1. The van der Waals surface area contributed by atoms with E-state index in [0.717, 1.165) is 6.54 Å². The van der Waals surface area contributed by atoms with Crippen LogP contribution in [0.1, 0.15) is 50.3 Å². The summed E-state index contributed by atoms with van der Waals surface area (Å²) in [4.78, 5) is 0. The van der Waals surface area contributed by atoms with Crippen molar-refractivity contribution in [1.29, 1.82) is 0 Å². The Bertz CT molecular complexity index is 587. The number of rotatable bonds is 3. The molecule has 0 heterocycles. The van der Waals surface area contributed by atoms with Gasteiger partial charge in [0, 0.05) is 6.04 Å². The van der Waals surface area contributed by atoms with Gasteiger partial charge in [-0.1, -0.05) is 57.2 Å². The Morgan fingerprint density at radius 3 is 2.63 bits per heavy atom. The fraction of sp³-hybridized carbons (Fsp3) is 0.444. The van der Waals surface area contributed by atoms with Crippen molar-refractivity contribution >= 4 is 10.8 Å². The van der Waals surface area contributed by atoms with Crippen LogP contribution in [0.2, 0.25) is 0 Å². The lowest BCUT2D eigenvalue weighted by atomic mass is 9.92. The standard InChI is InChI=1S/C18H23N/c1-4-11-19-18-13(3)12(2)17-15-8-6-5-7-14(15)9-10-16(17)18/h5-10,12-13,18-19H,4,11H2,1-3H3. The van der Waals surface area contributed by atoms with Crippen LogP contribution in [0.5, 0.6) is 0 Å². The molecule has 1 aliphatic rings. The molecule has 0 amide bonds. The second-order valence-electron chi connectivity index (χ2n) is 5.87. The Morgan fingerprint density at radius 2 is 1.84 bits per heavy atom. The predicted molar refractivity (Wildman–Crippen MR) is 82.6 cm³/mol. The fourth-order valence-corrected chi connectivity index (χ4v) is 3.52. The zero-order chi connectivity index (χ0) is 13.4. The van der Waals surface area contributed by atoms with Gasteiger partial charge in [-0.05, 0) is 46.7 Å². The Morgan fingerprint density at radius 1 is 1.05 bits per heavy atom. The van der Waals surface area contributed by atoms with E-state index in [2.05, 4.69) is 62.5 Å². The third kappa shape index (κ3) is 1.97. The highest BCUT2D eigenvalue weighted by atomic mass is 14.9. The van der Waals surface area contributed by atoms with Crippen LogP contribution in [-0.2, 0) is 0 Å². The maximum Gasteiger partial charge on any atom is 0.0354 e. The quantitative estimate of drug-likeness (QED) is 0.840. The molecule has 0 aromatic heterocycles. The van der Waals surface area contributed by atoms with Crippen molar-refractivity contribution < 1.29 is 0 Å². The third-order valence-corrected chi connectivity index (χ3v) is 4.72. The molecule has 1 N–H and O–H groups in total. The van der Waals surface area contributed by atoms with E-state index in [1.54, 1.807) is 5.56 Å². The molecule has 19 heavy (non-hydrogen) atoms. The van der Waals surface area contributed by atoms with Gasteiger partial charge in [0.25, 0.3) is 0 Å². The van der Waals surface area contributed by atoms with Crippen LogP contribution in [0.4, 0.5) is 0 Å². The van der Waals surface area contributed by atoms with E-state index < -0.39 is 0 Å². The smallest absolute Gasteiger partial charge is 0.0354 e. The Hall–Kier alpha value is -1.34. The van der Waals surface area contributed by atoms with Crippen LogP contribution in [0.25, 0.3) is 10.8 Å². The summed E-state index contributed by atoms with van der Waals surface area (Å²) >= 11 is 0. The normalized spacial score (nSPS) is 25.7. The molecule has 3 unspecified atom stereocenters. The molecular weight excluding hydrogens is 230 g/mol. The monoisotopic (exact) mass is 253 g/mol. The van der Waals surface area contributed by atoms with Crippen LogP contribution >= 0.6 is 0 Å². The highest BCUT2D eigenvalue weighted by molar-refractivity contribution is 5.88. The van der Waals surface area contributed by atoms with Crippen LogP contribution in [0.3, 0.4) is 0 Å². The molecule has 3 rings (SSSR count). The third-order valence-electron chi connectivity index (χ3n) is 4.72. The van der Waals surface area contributed by atoms with Gasteiger partial charge in [0.1, 0.15) is 0 Å². The lowest BCUT2D eigenvalue weighted by Gasteiger charge is -2.20. The first kappa shape index (κ1) is 12.7. The number of fused-ring (bicyclic) bond motifs is 3. The van der Waals surface area contributed by atoms with Gasteiger partial charge >= 0.3 is 0 Å². The number of hydrogen-bond acceptors (Lipinski definition) is 1. The van der Waals surface area contributed by atoms with E-state index >= 15 is 0 Å². The number of hydrogen-bond donors (Lipinski definition) is 1. The molecule has 0 spiro atoms. The molecule has 100 valence electrons. The van der Waals surface area contributed by atoms with Gasteiger partial charge in [-0.15, -0.1) is 0 Å². The molecule has 1 heteroatoms. The summed E-state index contributed by atoms with van der Waals surface area (Å²) in [5.74, 6) is 1.31. The Labute approximate surface area is 116 Å². The van der Waals surface area contributed by atoms with Gasteiger partial charge in [0.2, 0.25) is 0 Å². The lowest BCUT2D eigenvalue weighted by Crippen LogP contribution is -2.25. The van der Waals surface area contributed by atoms with Gasteiger partial charge in [-0.25, -0.2) is 0 Å². The van der Waals surface area contributed by atoms with E-state index in [9.17, 15) is 0 Å². The highest BCUT2D eigenvalue weighted by Gasteiger charge is 2.35. The molecule has 3 atom stereocenters. The van der Waals surface area contributed by atoms with Crippen LogP contribution in [0.15, 0.2) is 36.4 Å². The summed E-state index contributed by atoms with van der Waals surface area (Å²) in [6.07, 6.45) is 1.19. The summed E-state index contributed by atoms with van der Waals surface area (Å²) in [6, 6.07) is 13.9. The van der Waals surface area contributed by atoms with Crippen LogP contribution in [-0.4, -0.2) is 6.54 Å². The van der Waals surface area contributed by atoms with Gasteiger partial charge in [0.15, 0.2) is 0 Å². The van der Waals surface area contributed by atoms with Crippen molar-refractivity contribution in [2.75, 3.05) is 6.54 Å². The average molecular weight is 253 g/mol. The maximum absolute atomic E-state index is 3.73. The minimum absolute atomic E-state index is 0.523. The van der Waals surface area contributed by atoms with Gasteiger partial charge in [0.05, 0.1) is 0 Å². The van der Waals surface area contributed by atoms with Crippen molar-refractivity contribution in [3.05, 3.63) is 47.5 Å². The van der Waals surface area contributed by atoms with Crippen molar-refractivity contribution in [2.24, 2.45) is 5.92 Å². The topological polar surface area (TPSA) is 12.0 Å². The van der Waals surface area contributed by atoms with Gasteiger partial charge < -0.3 is 5.32 Å². The van der Waals surface area contributed by atoms with E-state index in [1.165, 1.54) is 22.8 Å². The Balaban J connectivity index is 2.12. The molecule has 0 bridgehead atoms. The van der Waals surface area contributed by atoms with Crippen LogP contribution < -0.4 is 5.32 Å². The molecule has 0 aliphatic heterocycles. The largest absolute Gasteiger partial charge is 0.310 e. The fourth-order valence-electron chi connectivity index (χ4n) is 3.52. The number of nitrogens with one attached hydrogen (secondary N) is 1. The summed E-state index contributed by atoms with van der Waals surface area (Å²) in [6.45, 7) is 8.10. The minimum Gasteiger partial charge on any atom is -0.310 e. The molecule has 0 saturated heterocycles. The summed E-state index contributed by atoms with van der Waals surface area (Å²) in [5, 5.41) is 6.55. The second kappa shape index (κ2) is 4.97. The molecule has 0 radical (unpaired) electrons. The summed E-state index contributed by atoms with van der Waals surface area (Å²) in [7, 11) is 0.